The van der Waals surface area contributed by atoms with Crippen molar-refractivity contribution >= 4 is 16.8 Å². The number of carbonyl (C=O) groups is 1. The number of fused-ring (bicyclic) bond motifs is 1. The minimum Gasteiger partial charge on any atom is -0.355 e. The Bertz CT molecular complexity index is 1340. The predicted molar refractivity (Wildman–Crippen MR) is 123 cm³/mol. The average Bonchev–Trinajstić information content (AvgIpc) is 3.20. The summed E-state index contributed by atoms with van der Waals surface area (Å²) in [6.45, 7) is 2.40. The predicted octanol–water partition coefficient (Wildman–Crippen LogP) is 4.30. The summed E-state index contributed by atoms with van der Waals surface area (Å²) in [4.78, 5) is 11.8. The fraction of sp³-hybridized carbons (Fsp3) is 0.160. The number of carbonyl (C=O) groups excluding carboxylic acids is 1. The van der Waals surface area contributed by atoms with Crippen molar-refractivity contribution in [3.63, 3.8) is 0 Å². The maximum absolute atomic E-state index is 15.1. The van der Waals surface area contributed by atoms with Crippen LogP contribution in [-0.2, 0) is 6.54 Å². The summed E-state index contributed by atoms with van der Waals surface area (Å²) in [6, 6.07) is 16.2. The number of hydrogen-bond donors (Lipinski definition) is 3. The molecule has 3 N–H and O–H groups in total. The first-order valence-corrected chi connectivity index (χ1v) is 10.2. The van der Waals surface area contributed by atoms with Gasteiger partial charge in [0, 0.05) is 41.2 Å². The molecule has 3 aromatic carbocycles. The quantitative estimate of drug-likeness (QED) is 0.443. The maximum Gasteiger partial charge on any atom is 0.251 e. The molecule has 1 aromatic heterocycles. The number of amides is 1. The topological polar surface area (TPSA) is 93.6 Å². The van der Waals surface area contributed by atoms with E-state index < -0.39 is 0 Å². The van der Waals surface area contributed by atoms with Crippen molar-refractivity contribution in [2.24, 2.45) is 0 Å². The van der Waals surface area contributed by atoms with Crippen molar-refractivity contribution in [3.8, 4) is 28.5 Å². The molecular formula is C25H22FN5O. The highest BCUT2D eigenvalue weighted by Gasteiger charge is 2.18. The molecule has 0 saturated carbocycles. The van der Waals surface area contributed by atoms with Gasteiger partial charge >= 0.3 is 0 Å². The van der Waals surface area contributed by atoms with Crippen LogP contribution < -0.4 is 10.6 Å². The molecule has 6 nitrogen and oxygen atoms in total. The van der Waals surface area contributed by atoms with Gasteiger partial charge in [0.15, 0.2) is 0 Å². The molecule has 32 heavy (non-hydrogen) atoms. The number of halogens is 1. The van der Waals surface area contributed by atoms with Gasteiger partial charge in [0.2, 0.25) is 0 Å². The zero-order valence-corrected chi connectivity index (χ0v) is 18.0. The van der Waals surface area contributed by atoms with Crippen molar-refractivity contribution in [1.82, 2.24) is 20.8 Å². The first kappa shape index (κ1) is 21.2. The van der Waals surface area contributed by atoms with Crippen LogP contribution in [0.15, 0.2) is 48.5 Å². The number of nitriles is 1. The lowest BCUT2D eigenvalue weighted by Gasteiger charge is -2.13. The first-order chi connectivity index (χ1) is 15.5. The highest BCUT2D eigenvalue weighted by atomic mass is 19.1. The van der Waals surface area contributed by atoms with E-state index in [1.165, 1.54) is 6.07 Å². The molecule has 4 rings (SSSR count). The molecule has 160 valence electrons. The number of nitrogens with zero attached hydrogens (tertiary/aromatic N) is 2. The summed E-state index contributed by atoms with van der Waals surface area (Å²) >= 11 is 0. The number of benzene rings is 3. The van der Waals surface area contributed by atoms with Gasteiger partial charge in [0.25, 0.3) is 5.91 Å². The van der Waals surface area contributed by atoms with Gasteiger partial charge in [-0.1, -0.05) is 18.2 Å². The number of aromatic nitrogens is 2. The summed E-state index contributed by atoms with van der Waals surface area (Å²) in [5, 5.41) is 23.5. The second-order valence-corrected chi connectivity index (χ2v) is 7.58. The highest BCUT2D eigenvalue weighted by Crippen LogP contribution is 2.36. The van der Waals surface area contributed by atoms with Crippen molar-refractivity contribution in [1.29, 1.82) is 5.26 Å². The van der Waals surface area contributed by atoms with Gasteiger partial charge in [-0.3, -0.25) is 9.89 Å². The van der Waals surface area contributed by atoms with Crippen molar-refractivity contribution in [3.05, 3.63) is 76.6 Å². The lowest BCUT2D eigenvalue weighted by molar-refractivity contribution is 0.0963. The van der Waals surface area contributed by atoms with Gasteiger partial charge in [-0.2, -0.15) is 10.4 Å². The number of rotatable bonds is 5. The summed E-state index contributed by atoms with van der Waals surface area (Å²) in [7, 11) is 3.39. The van der Waals surface area contributed by atoms with E-state index in [2.05, 4.69) is 26.9 Å². The molecule has 1 heterocycles. The molecule has 0 aliphatic heterocycles. The summed E-state index contributed by atoms with van der Waals surface area (Å²) in [5.41, 5.74) is 5.59. The van der Waals surface area contributed by atoms with Crippen LogP contribution >= 0.6 is 0 Å². The van der Waals surface area contributed by atoms with Crippen LogP contribution in [0, 0.1) is 24.1 Å². The third kappa shape index (κ3) is 3.72. The average molecular weight is 427 g/mol. The van der Waals surface area contributed by atoms with Crippen LogP contribution in [0.4, 0.5) is 4.39 Å². The van der Waals surface area contributed by atoms with Crippen LogP contribution in [0.5, 0.6) is 0 Å². The van der Waals surface area contributed by atoms with Crippen LogP contribution in [0.1, 0.15) is 27.0 Å². The molecule has 0 fully saturated rings. The van der Waals surface area contributed by atoms with Gasteiger partial charge in [0.05, 0.1) is 22.8 Å². The normalized spacial score (nSPS) is 10.8. The number of nitrogens with one attached hydrogen (secondary N) is 3. The van der Waals surface area contributed by atoms with Crippen LogP contribution in [-0.4, -0.2) is 30.2 Å². The SMILES string of the molecule is CNCc1cc(C)c(-c2cc3c(-c4ccc(C(=O)NC)cc4)n[nH]c3cc2C#N)c(F)c1. The molecular weight excluding hydrogens is 405 g/mol. The monoisotopic (exact) mass is 427 g/mol. The van der Waals surface area contributed by atoms with Gasteiger partial charge in [-0.25, -0.2) is 4.39 Å². The molecule has 7 heteroatoms. The minimum atomic E-state index is -0.369. The molecule has 0 spiro atoms. The minimum absolute atomic E-state index is 0.169. The van der Waals surface area contributed by atoms with E-state index in [0.29, 0.717) is 40.0 Å². The van der Waals surface area contributed by atoms with Gasteiger partial charge in [-0.05, 0) is 55.4 Å². The Hall–Kier alpha value is -4.02. The lowest BCUT2D eigenvalue weighted by Crippen LogP contribution is -2.17. The maximum atomic E-state index is 15.1. The summed E-state index contributed by atoms with van der Waals surface area (Å²) in [5.74, 6) is -0.539. The molecule has 0 aliphatic carbocycles. The molecule has 0 aliphatic rings. The third-order valence-corrected chi connectivity index (χ3v) is 5.47. The van der Waals surface area contributed by atoms with E-state index in [4.69, 9.17) is 0 Å². The van der Waals surface area contributed by atoms with E-state index in [1.807, 2.05) is 38.2 Å². The Balaban J connectivity index is 1.87. The van der Waals surface area contributed by atoms with Gasteiger partial charge in [0.1, 0.15) is 5.82 Å². The van der Waals surface area contributed by atoms with Gasteiger partial charge in [-0.15, -0.1) is 0 Å². The van der Waals surface area contributed by atoms with Crippen LogP contribution in [0.2, 0.25) is 0 Å². The second-order valence-electron chi connectivity index (χ2n) is 7.58. The number of H-pyrrole nitrogens is 1. The molecule has 1 amide bonds. The number of hydrogen-bond acceptors (Lipinski definition) is 4. The summed E-state index contributed by atoms with van der Waals surface area (Å²) in [6.07, 6.45) is 0. The zero-order valence-electron chi connectivity index (χ0n) is 18.0. The molecule has 0 atom stereocenters. The molecule has 0 saturated heterocycles. The van der Waals surface area contributed by atoms with Crippen LogP contribution in [0.3, 0.4) is 0 Å². The van der Waals surface area contributed by atoms with E-state index in [1.54, 1.807) is 25.2 Å². The standard InChI is InChI=1S/C25H22FN5O/c1-14-8-15(13-28-2)9-21(26)23(14)19-11-20-22(10-18(19)12-27)30-31-24(20)16-4-6-17(7-5-16)25(32)29-3/h4-11,28H,13H2,1-3H3,(H,29,32)(H,30,31). The van der Waals surface area contributed by atoms with Crippen LogP contribution in [0.25, 0.3) is 33.3 Å². The zero-order chi connectivity index (χ0) is 22.8. The lowest BCUT2D eigenvalue weighted by atomic mass is 9.92. The largest absolute Gasteiger partial charge is 0.355 e. The van der Waals surface area contributed by atoms with Gasteiger partial charge < -0.3 is 10.6 Å². The molecule has 0 radical (unpaired) electrons. The van der Waals surface area contributed by atoms with E-state index in [-0.39, 0.29) is 11.7 Å². The summed E-state index contributed by atoms with van der Waals surface area (Å²) < 4.78 is 15.1. The van der Waals surface area contributed by atoms with E-state index in [9.17, 15) is 10.1 Å². The Kier molecular flexibility index (Phi) is 5.71. The number of aryl methyl sites for hydroxylation is 1. The third-order valence-electron chi connectivity index (χ3n) is 5.47. The van der Waals surface area contributed by atoms with E-state index >= 15 is 4.39 Å². The Labute approximate surface area is 185 Å². The van der Waals surface area contributed by atoms with Crippen molar-refractivity contribution < 1.29 is 9.18 Å². The number of aromatic amines is 1. The Morgan fingerprint density at radius 1 is 1.16 bits per heavy atom. The second kappa shape index (κ2) is 8.61. The van der Waals surface area contributed by atoms with E-state index in [0.717, 1.165) is 22.1 Å². The first-order valence-electron chi connectivity index (χ1n) is 10.2. The molecule has 4 aromatic rings. The van der Waals surface area contributed by atoms with Crippen molar-refractivity contribution in [2.75, 3.05) is 14.1 Å². The molecule has 0 unspecified atom stereocenters. The highest BCUT2D eigenvalue weighted by molar-refractivity contribution is 5.99. The molecule has 0 bridgehead atoms. The van der Waals surface area contributed by atoms with Crippen molar-refractivity contribution in [2.45, 2.75) is 13.5 Å². The fourth-order valence-electron chi connectivity index (χ4n) is 3.97. The smallest absolute Gasteiger partial charge is 0.251 e. The Morgan fingerprint density at radius 3 is 2.53 bits per heavy atom. The fourth-order valence-corrected chi connectivity index (χ4v) is 3.97. The Morgan fingerprint density at radius 2 is 1.91 bits per heavy atom.